The normalized spacial score (nSPS) is 14.2. The van der Waals surface area contributed by atoms with Gasteiger partial charge in [-0.15, -0.1) is 0 Å². The van der Waals surface area contributed by atoms with Crippen molar-refractivity contribution in [2.24, 2.45) is 0 Å². The molecule has 3 aromatic carbocycles. The molecular weight excluding hydrogens is 430 g/mol. The summed E-state index contributed by atoms with van der Waals surface area (Å²) < 4.78 is 27.3. The average Bonchev–Trinajstić information content (AvgIpc) is 3.00. The van der Waals surface area contributed by atoms with Gasteiger partial charge in [0.15, 0.2) is 0 Å². The molecule has 0 fully saturated rings. The number of anilines is 1. The van der Waals surface area contributed by atoms with Gasteiger partial charge in [0.2, 0.25) is 9.84 Å². The Hall–Kier alpha value is -3.14. The van der Waals surface area contributed by atoms with Gasteiger partial charge in [0.05, 0.1) is 27.1 Å². The molecule has 0 atom stereocenters. The van der Waals surface area contributed by atoms with Crippen LogP contribution in [0.25, 0.3) is 0 Å². The Kier molecular flexibility index (Phi) is 6.55. The molecule has 6 heteroatoms. The Morgan fingerprint density at radius 1 is 0.909 bits per heavy atom. The van der Waals surface area contributed by atoms with Crippen molar-refractivity contribution in [1.29, 1.82) is 5.26 Å². The van der Waals surface area contributed by atoms with E-state index in [1.54, 1.807) is 24.3 Å². The molecule has 0 saturated carbocycles. The Balaban J connectivity index is 1.65. The van der Waals surface area contributed by atoms with Gasteiger partial charge in [-0.3, -0.25) is 0 Å². The number of hydrogen-bond acceptors (Lipinski definition) is 5. The second-order valence-electron chi connectivity index (χ2n) is 8.92. The van der Waals surface area contributed by atoms with E-state index >= 15 is 0 Å². The van der Waals surface area contributed by atoms with Gasteiger partial charge in [-0.05, 0) is 85.0 Å². The minimum absolute atomic E-state index is 0.305. The van der Waals surface area contributed by atoms with Crippen molar-refractivity contribution in [2.45, 2.75) is 29.1 Å². The molecule has 0 radical (unpaired) electrons. The van der Waals surface area contributed by atoms with E-state index in [9.17, 15) is 8.42 Å². The molecule has 0 saturated heterocycles. The van der Waals surface area contributed by atoms with Crippen LogP contribution in [0.3, 0.4) is 0 Å². The Morgan fingerprint density at radius 2 is 1.45 bits per heavy atom. The molecule has 0 bridgehead atoms. The van der Waals surface area contributed by atoms with Crippen molar-refractivity contribution in [3.05, 3.63) is 88.5 Å². The van der Waals surface area contributed by atoms with Crippen molar-refractivity contribution in [2.75, 3.05) is 39.1 Å². The third kappa shape index (κ3) is 4.95. The molecule has 0 N–H and O–H groups in total. The van der Waals surface area contributed by atoms with Crippen molar-refractivity contribution < 1.29 is 8.42 Å². The first-order valence-corrected chi connectivity index (χ1v) is 12.6. The number of sulfone groups is 1. The molecule has 33 heavy (non-hydrogen) atoms. The van der Waals surface area contributed by atoms with E-state index in [0.29, 0.717) is 21.8 Å². The number of nitriles is 1. The smallest absolute Gasteiger partial charge is 0.208 e. The third-order valence-electron chi connectivity index (χ3n) is 6.30. The Bertz CT molecular complexity index is 1290. The van der Waals surface area contributed by atoms with E-state index in [1.165, 1.54) is 5.56 Å². The summed E-state index contributed by atoms with van der Waals surface area (Å²) in [5.41, 5.74) is 5.83. The first-order chi connectivity index (χ1) is 15.8. The summed E-state index contributed by atoms with van der Waals surface area (Å²) in [6, 6.07) is 20.7. The maximum Gasteiger partial charge on any atom is 0.208 e. The molecule has 0 spiro atoms. The second kappa shape index (κ2) is 9.38. The van der Waals surface area contributed by atoms with Gasteiger partial charge in [0, 0.05) is 27.2 Å². The predicted molar refractivity (Wildman–Crippen MR) is 132 cm³/mol. The molecule has 0 aliphatic carbocycles. The van der Waals surface area contributed by atoms with Crippen LogP contribution in [-0.2, 0) is 29.1 Å². The lowest BCUT2D eigenvalue weighted by atomic mass is 10.0. The maximum absolute atomic E-state index is 13.7. The minimum Gasteiger partial charge on any atom is -0.377 e. The van der Waals surface area contributed by atoms with Crippen LogP contribution in [0, 0.1) is 11.3 Å². The van der Waals surface area contributed by atoms with Gasteiger partial charge in [0.25, 0.3) is 0 Å². The fourth-order valence-corrected chi connectivity index (χ4v) is 5.83. The van der Waals surface area contributed by atoms with Crippen molar-refractivity contribution in [1.82, 2.24) is 4.90 Å². The molecule has 4 rings (SSSR count). The molecule has 1 aliphatic heterocycles. The van der Waals surface area contributed by atoms with E-state index in [0.717, 1.165) is 48.3 Å². The minimum atomic E-state index is -3.66. The van der Waals surface area contributed by atoms with Gasteiger partial charge in [-0.25, -0.2) is 8.42 Å². The largest absolute Gasteiger partial charge is 0.377 e. The first-order valence-electron chi connectivity index (χ1n) is 11.1. The fraction of sp³-hybridized carbons (Fsp3) is 0.296. The van der Waals surface area contributed by atoms with Gasteiger partial charge in [-0.1, -0.05) is 24.3 Å². The van der Waals surface area contributed by atoms with Crippen LogP contribution < -0.4 is 4.90 Å². The van der Waals surface area contributed by atoms with Crippen LogP contribution in [0.4, 0.5) is 5.69 Å². The summed E-state index contributed by atoms with van der Waals surface area (Å²) >= 11 is 0. The lowest BCUT2D eigenvalue weighted by molar-refractivity contribution is 0.352. The quantitative estimate of drug-likeness (QED) is 0.575. The molecular formula is C27H29N3O2S. The summed E-state index contributed by atoms with van der Waals surface area (Å²) in [6.45, 7) is 1.91. The van der Waals surface area contributed by atoms with Gasteiger partial charge >= 0.3 is 0 Å². The highest BCUT2D eigenvalue weighted by Crippen LogP contribution is 2.33. The predicted octanol–water partition coefficient (Wildman–Crippen LogP) is 4.08. The molecule has 5 nitrogen and oxygen atoms in total. The standard InChI is InChI=1S/C27H29N3O2S/c1-29(2)26-17-23-12-14-30(3)15-13-24(23)18-27(26)33(31,32)25-10-8-21(9-11-25)16-20-4-6-22(19-28)7-5-20/h4-11,17-18H,12-16H2,1-3H3. The lowest BCUT2D eigenvalue weighted by Crippen LogP contribution is -2.20. The van der Waals surface area contributed by atoms with Gasteiger partial charge < -0.3 is 9.80 Å². The molecule has 1 heterocycles. The number of nitrogens with zero attached hydrogens (tertiary/aromatic N) is 3. The van der Waals surface area contributed by atoms with E-state index in [2.05, 4.69) is 24.1 Å². The van der Waals surface area contributed by atoms with E-state index in [4.69, 9.17) is 5.26 Å². The lowest BCUT2D eigenvalue weighted by Gasteiger charge is -2.21. The number of likely N-dealkylation sites (N-methyl/N-ethyl adjacent to an activating group) is 1. The van der Waals surface area contributed by atoms with E-state index in [-0.39, 0.29) is 0 Å². The van der Waals surface area contributed by atoms with Crippen molar-refractivity contribution in [3.63, 3.8) is 0 Å². The van der Waals surface area contributed by atoms with Crippen LogP contribution in [0.5, 0.6) is 0 Å². The van der Waals surface area contributed by atoms with Crippen LogP contribution in [0.2, 0.25) is 0 Å². The number of benzene rings is 3. The highest BCUT2D eigenvalue weighted by atomic mass is 32.2. The Morgan fingerprint density at radius 3 is 2.00 bits per heavy atom. The van der Waals surface area contributed by atoms with Crippen molar-refractivity contribution >= 4 is 15.5 Å². The average molecular weight is 460 g/mol. The van der Waals surface area contributed by atoms with Gasteiger partial charge in [0.1, 0.15) is 0 Å². The molecule has 0 aromatic heterocycles. The monoisotopic (exact) mass is 459 g/mol. The highest BCUT2D eigenvalue weighted by Gasteiger charge is 2.25. The topological polar surface area (TPSA) is 64.4 Å². The van der Waals surface area contributed by atoms with Crippen LogP contribution in [-0.4, -0.2) is 47.6 Å². The summed E-state index contributed by atoms with van der Waals surface area (Å²) in [7, 11) is 2.23. The first kappa shape index (κ1) is 23.0. The van der Waals surface area contributed by atoms with Crippen LogP contribution in [0.1, 0.15) is 27.8 Å². The Labute approximate surface area is 196 Å². The number of rotatable bonds is 5. The molecule has 1 aliphatic rings. The van der Waals surface area contributed by atoms with Crippen molar-refractivity contribution in [3.8, 4) is 6.07 Å². The number of fused-ring (bicyclic) bond motifs is 1. The highest BCUT2D eigenvalue weighted by molar-refractivity contribution is 7.91. The van der Waals surface area contributed by atoms with Crippen LogP contribution >= 0.6 is 0 Å². The third-order valence-corrected chi connectivity index (χ3v) is 8.10. The zero-order valence-corrected chi connectivity index (χ0v) is 20.2. The summed E-state index contributed by atoms with van der Waals surface area (Å²) in [6.07, 6.45) is 2.46. The van der Waals surface area contributed by atoms with E-state index in [1.807, 2.05) is 49.3 Å². The van der Waals surface area contributed by atoms with E-state index < -0.39 is 9.84 Å². The fourth-order valence-electron chi connectivity index (χ4n) is 4.26. The molecule has 0 amide bonds. The second-order valence-corrected chi connectivity index (χ2v) is 10.8. The summed E-state index contributed by atoms with van der Waals surface area (Å²) in [5.74, 6) is 0. The maximum atomic E-state index is 13.7. The van der Waals surface area contributed by atoms with Crippen LogP contribution in [0.15, 0.2) is 70.5 Å². The SMILES string of the molecule is CN1CCc2cc(N(C)C)c(S(=O)(=O)c3ccc(Cc4ccc(C#N)cc4)cc3)cc2CC1. The summed E-state index contributed by atoms with van der Waals surface area (Å²) in [4.78, 5) is 4.85. The zero-order chi connectivity index (χ0) is 23.6. The zero-order valence-electron chi connectivity index (χ0n) is 19.4. The molecule has 0 unspecified atom stereocenters. The molecule has 3 aromatic rings. The number of hydrogen-bond donors (Lipinski definition) is 0. The summed E-state index contributed by atoms with van der Waals surface area (Å²) in [5, 5.41) is 8.95. The molecule has 170 valence electrons. The van der Waals surface area contributed by atoms with Gasteiger partial charge in [-0.2, -0.15) is 5.26 Å².